The Morgan fingerprint density at radius 3 is 2.31 bits per heavy atom. The topological polar surface area (TPSA) is 170 Å². The molecule has 190 valence electrons. The zero-order chi connectivity index (χ0) is 26.8. The van der Waals surface area contributed by atoms with Gasteiger partial charge < -0.3 is 31.9 Å². The molecule has 1 atom stereocenters. The number of anilines is 2. The summed E-state index contributed by atoms with van der Waals surface area (Å²) in [4.78, 5) is 39.7. The van der Waals surface area contributed by atoms with Gasteiger partial charge in [0.05, 0.1) is 29.5 Å². The van der Waals surface area contributed by atoms with Gasteiger partial charge in [-0.3, -0.25) is 9.59 Å². The van der Waals surface area contributed by atoms with Crippen LogP contribution < -0.4 is 22.1 Å². The highest BCUT2D eigenvalue weighted by molar-refractivity contribution is 7.20. The van der Waals surface area contributed by atoms with E-state index in [2.05, 4.69) is 20.4 Å². The Balaban J connectivity index is 2.01. The third kappa shape index (κ3) is 5.75. The van der Waals surface area contributed by atoms with Gasteiger partial charge in [0.25, 0.3) is 5.91 Å². The Hall–Kier alpha value is -4.10. The molecule has 0 bridgehead atoms. The zero-order valence-electron chi connectivity index (χ0n) is 19.4. The van der Waals surface area contributed by atoms with Crippen LogP contribution in [-0.4, -0.2) is 35.1 Å². The first-order chi connectivity index (χ1) is 16.8. The lowest BCUT2D eigenvalue weighted by Gasteiger charge is -2.18. The van der Waals surface area contributed by atoms with Crippen molar-refractivity contribution in [2.75, 3.05) is 12.4 Å². The molecule has 7 N–H and O–H groups in total. The van der Waals surface area contributed by atoms with Gasteiger partial charge in [0, 0.05) is 4.88 Å². The second-order valence-corrected chi connectivity index (χ2v) is 9.19. The number of aliphatic hydroxyl groups is 1. The molecule has 1 aromatic carbocycles. The number of benzene rings is 1. The fourth-order valence-electron chi connectivity index (χ4n) is 3.22. The molecule has 13 heteroatoms. The summed E-state index contributed by atoms with van der Waals surface area (Å²) in [5, 5.41) is 15.3. The summed E-state index contributed by atoms with van der Waals surface area (Å²) in [6, 6.07) is 6.37. The van der Waals surface area contributed by atoms with E-state index in [1.54, 1.807) is 0 Å². The van der Waals surface area contributed by atoms with E-state index in [1.165, 1.54) is 38.1 Å². The Morgan fingerprint density at radius 2 is 1.78 bits per heavy atom. The quantitative estimate of drug-likeness (QED) is 0.304. The maximum Gasteiger partial charge on any atom is 0.407 e. The van der Waals surface area contributed by atoms with Crippen molar-refractivity contribution in [2.24, 2.45) is 11.5 Å². The molecule has 0 spiro atoms. The summed E-state index contributed by atoms with van der Waals surface area (Å²) in [6.07, 6.45) is -0.905. The van der Waals surface area contributed by atoms with E-state index in [9.17, 15) is 28.3 Å². The summed E-state index contributed by atoms with van der Waals surface area (Å²) < 4.78 is 34.2. The monoisotopic (exact) mass is 519 g/mol. The SMILES string of the molecule is COC(=O)NC(C(N)=O)c1cccc(Nc2sc(-c3c(F)cc(C(C)(C)O)cc3F)cc2C(N)=O)n1. The van der Waals surface area contributed by atoms with Gasteiger partial charge in [0.1, 0.15) is 22.5 Å². The van der Waals surface area contributed by atoms with Gasteiger partial charge in [-0.25, -0.2) is 18.6 Å². The maximum atomic E-state index is 14.9. The van der Waals surface area contributed by atoms with Crippen molar-refractivity contribution >= 4 is 40.1 Å². The highest BCUT2D eigenvalue weighted by Crippen LogP contribution is 2.40. The Labute approximate surface area is 208 Å². The van der Waals surface area contributed by atoms with E-state index in [0.29, 0.717) is 0 Å². The van der Waals surface area contributed by atoms with E-state index in [4.69, 9.17) is 11.5 Å². The summed E-state index contributed by atoms with van der Waals surface area (Å²) in [5.41, 5.74) is 8.99. The molecule has 0 aliphatic heterocycles. The van der Waals surface area contributed by atoms with Crippen molar-refractivity contribution in [3.63, 3.8) is 0 Å². The number of rotatable bonds is 8. The number of nitrogens with zero attached hydrogens (tertiary/aromatic N) is 1. The Morgan fingerprint density at radius 1 is 1.14 bits per heavy atom. The molecule has 0 radical (unpaired) electrons. The largest absolute Gasteiger partial charge is 0.453 e. The lowest BCUT2D eigenvalue weighted by atomic mass is 9.96. The third-order valence-corrected chi connectivity index (χ3v) is 6.10. The molecule has 3 rings (SSSR count). The van der Waals surface area contributed by atoms with E-state index >= 15 is 0 Å². The number of carbonyl (C=O) groups excluding carboxylic acids is 3. The molecule has 10 nitrogen and oxygen atoms in total. The number of ether oxygens (including phenoxy) is 1. The molecular weight excluding hydrogens is 496 g/mol. The number of thiophene rings is 1. The van der Waals surface area contributed by atoms with E-state index in [-0.39, 0.29) is 32.5 Å². The fraction of sp³-hybridized carbons (Fsp3) is 0.217. The van der Waals surface area contributed by atoms with Gasteiger partial charge >= 0.3 is 6.09 Å². The minimum atomic E-state index is -1.47. The third-order valence-electron chi connectivity index (χ3n) is 5.03. The van der Waals surface area contributed by atoms with Crippen molar-refractivity contribution in [3.05, 3.63) is 64.9 Å². The van der Waals surface area contributed by atoms with Crippen LogP contribution >= 0.6 is 11.3 Å². The smallest absolute Gasteiger partial charge is 0.407 e. The first-order valence-electron chi connectivity index (χ1n) is 10.4. The van der Waals surface area contributed by atoms with Crippen LogP contribution in [0, 0.1) is 11.6 Å². The number of amides is 3. The van der Waals surface area contributed by atoms with Gasteiger partial charge in [0.15, 0.2) is 6.04 Å². The number of methoxy groups -OCH3 is 1. The van der Waals surface area contributed by atoms with Gasteiger partial charge in [-0.1, -0.05) is 6.07 Å². The number of alkyl carbamates (subject to hydrolysis) is 1. The number of hydrogen-bond donors (Lipinski definition) is 5. The molecule has 3 amide bonds. The second-order valence-electron chi connectivity index (χ2n) is 8.14. The van der Waals surface area contributed by atoms with Crippen LogP contribution in [0.5, 0.6) is 0 Å². The summed E-state index contributed by atoms with van der Waals surface area (Å²) >= 11 is 0.836. The van der Waals surface area contributed by atoms with Gasteiger partial charge in [-0.15, -0.1) is 11.3 Å². The lowest BCUT2D eigenvalue weighted by Crippen LogP contribution is -2.37. The molecule has 3 aromatic rings. The maximum absolute atomic E-state index is 14.9. The average molecular weight is 520 g/mol. The summed E-state index contributed by atoms with van der Waals surface area (Å²) in [6.45, 7) is 2.79. The van der Waals surface area contributed by atoms with Crippen LogP contribution in [0.2, 0.25) is 0 Å². The lowest BCUT2D eigenvalue weighted by molar-refractivity contribution is -0.120. The molecule has 36 heavy (non-hydrogen) atoms. The van der Waals surface area contributed by atoms with Crippen molar-refractivity contribution in [3.8, 4) is 10.4 Å². The predicted molar refractivity (Wildman–Crippen MR) is 128 cm³/mol. The van der Waals surface area contributed by atoms with Crippen LogP contribution in [0.25, 0.3) is 10.4 Å². The molecule has 0 saturated carbocycles. The normalized spacial score (nSPS) is 12.1. The van der Waals surface area contributed by atoms with Gasteiger partial charge in [-0.2, -0.15) is 0 Å². The van der Waals surface area contributed by atoms with Crippen molar-refractivity contribution in [1.29, 1.82) is 0 Å². The van der Waals surface area contributed by atoms with Crippen LogP contribution in [0.1, 0.15) is 41.5 Å². The highest BCUT2D eigenvalue weighted by Gasteiger charge is 2.25. The van der Waals surface area contributed by atoms with Crippen LogP contribution in [0.15, 0.2) is 36.4 Å². The van der Waals surface area contributed by atoms with Crippen LogP contribution in [0.3, 0.4) is 0 Å². The van der Waals surface area contributed by atoms with Gasteiger partial charge in [0.2, 0.25) is 5.91 Å². The highest BCUT2D eigenvalue weighted by atomic mass is 32.1. The molecule has 2 aromatic heterocycles. The van der Waals surface area contributed by atoms with E-state index < -0.39 is 46.7 Å². The molecule has 0 aliphatic rings. The molecule has 0 aliphatic carbocycles. The molecule has 2 heterocycles. The Kier molecular flexibility index (Phi) is 7.55. The number of hydrogen-bond acceptors (Lipinski definition) is 8. The second kappa shape index (κ2) is 10.3. The molecule has 0 fully saturated rings. The predicted octanol–water partition coefficient (Wildman–Crippen LogP) is 3.04. The average Bonchev–Trinajstić information content (AvgIpc) is 3.19. The van der Waals surface area contributed by atoms with Crippen molar-refractivity contribution in [1.82, 2.24) is 10.3 Å². The van der Waals surface area contributed by atoms with Crippen molar-refractivity contribution in [2.45, 2.75) is 25.5 Å². The van der Waals surface area contributed by atoms with E-state index in [0.717, 1.165) is 30.6 Å². The summed E-state index contributed by atoms with van der Waals surface area (Å²) in [5.74, 6) is -3.52. The van der Waals surface area contributed by atoms with E-state index in [1.807, 2.05) is 0 Å². The van der Waals surface area contributed by atoms with Gasteiger partial charge in [-0.05, 0) is 49.7 Å². The van der Waals surface area contributed by atoms with Crippen LogP contribution in [-0.2, 0) is 15.1 Å². The number of nitrogens with one attached hydrogen (secondary N) is 2. The number of halogens is 2. The molecule has 0 saturated heterocycles. The van der Waals surface area contributed by atoms with Crippen molar-refractivity contribution < 1.29 is 33.0 Å². The fourth-order valence-corrected chi connectivity index (χ4v) is 4.34. The minimum Gasteiger partial charge on any atom is -0.453 e. The number of carbonyl (C=O) groups is 3. The Bertz CT molecular complexity index is 1320. The van der Waals surface area contributed by atoms with Crippen LogP contribution in [0.4, 0.5) is 24.4 Å². The number of aromatic nitrogens is 1. The number of pyridine rings is 1. The zero-order valence-corrected chi connectivity index (χ0v) is 20.2. The molecule has 1 unspecified atom stereocenters. The molecular formula is C23H23F2N5O5S. The number of nitrogens with two attached hydrogens (primary N) is 2. The standard InChI is InChI=1S/C23H23F2N5O5S/c1-23(2,34)10-7-12(24)17(13(25)8-10)15-9-11(19(26)31)21(36-15)29-16-6-4-5-14(28-16)18(20(27)32)30-22(33)35-3/h4-9,18,34H,1-3H3,(H2,26,31)(H2,27,32)(H,28,29)(H,30,33). The first-order valence-corrected chi connectivity index (χ1v) is 11.2. The number of primary amides is 2. The minimum absolute atomic E-state index is 0.0388. The summed E-state index contributed by atoms with van der Waals surface area (Å²) in [7, 11) is 1.11. The first kappa shape index (κ1) is 26.5.